The Morgan fingerprint density at radius 2 is 2.11 bits per heavy atom. The average Bonchev–Trinajstić information content (AvgIpc) is 2.46. The summed E-state index contributed by atoms with van der Waals surface area (Å²) in [6.07, 6.45) is 5.47. The number of nitrogens with zero attached hydrogens (tertiary/aromatic N) is 1. The zero-order chi connectivity index (χ0) is 13.7. The highest BCUT2D eigenvalue weighted by Crippen LogP contribution is 2.30. The Morgan fingerprint density at radius 3 is 2.84 bits per heavy atom. The molecular formula is C16H23N3. The Morgan fingerprint density at radius 1 is 1.26 bits per heavy atom. The van der Waals surface area contributed by atoms with Crippen LogP contribution < -0.4 is 11.3 Å². The Labute approximate surface area is 115 Å². The van der Waals surface area contributed by atoms with Crippen LogP contribution in [0.5, 0.6) is 0 Å². The molecule has 102 valence electrons. The number of benzene rings is 1. The maximum absolute atomic E-state index is 5.80. The molecule has 0 spiro atoms. The molecule has 0 aliphatic heterocycles. The van der Waals surface area contributed by atoms with Crippen LogP contribution in [0.15, 0.2) is 36.5 Å². The maximum atomic E-state index is 5.80. The van der Waals surface area contributed by atoms with Gasteiger partial charge in [0.25, 0.3) is 0 Å². The summed E-state index contributed by atoms with van der Waals surface area (Å²) in [5, 5.41) is 1.19. The second kappa shape index (κ2) is 6.64. The van der Waals surface area contributed by atoms with Crippen LogP contribution >= 0.6 is 0 Å². The molecule has 0 radical (unpaired) electrons. The van der Waals surface area contributed by atoms with Crippen LogP contribution in [0.2, 0.25) is 0 Å². The number of hydrogen-bond donors (Lipinski definition) is 2. The molecule has 2 aromatic rings. The van der Waals surface area contributed by atoms with E-state index in [4.69, 9.17) is 5.84 Å². The van der Waals surface area contributed by atoms with E-state index in [9.17, 15) is 0 Å². The predicted molar refractivity (Wildman–Crippen MR) is 80.5 cm³/mol. The van der Waals surface area contributed by atoms with Gasteiger partial charge in [-0.15, -0.1) is 0 Å². The van der Waals surface area contributed by atoms with E-state index in [1.807, 2.05) is 18.3 Å². The van der Waals surface area contributed by atoms with E-state index in [-0.39, 0.29) is 6.04 Å². The summed E-state index contributed by atoms with van der Waals surface area (Å²) in [6, 6.07) is 10.5. The second-order valence-corrected chi connectivity index (χ2v) is 5.18. The lowest BCUT2D eigenvalue weighted by Crippen LogP contribution is -2.32. The molecule has 0 bridgehead atoms. The van der Waals surface area contributed by atoms with Crippen molar-refractivity contribution in [1.29, 1.82) is 0 Å². The summed E-state index contributed by atoms with van der Waals surface area (Å²) in [7, 11) is 0. The highest BCUT2D eigenvalue weighted by molar-refractivity contribution is 5.82. The maximum Gasteiger partial charge on any atom is 0.0705 e. The van der Waals surface area contributed by atoms with Gasteiger partial charge >= 0.3 is 0 Å². The number of rotatable bonds is 6. The smallest absolute Gasteiger partial charge is 0.0705 e. The highest BCUT2D eigenvalue weighted by atomic mass is 15.2. The molecule has 0 aliphatic rings. The van der Waals surface area contributed by atoms with Crippen molar-refractivity contribution in [3.63, 3.8) is 0 Å². The van der Waals surface area contributed by atoms with Crippen molar-refractivity contribution < 1.29 is 0 Å². The minimum absolute atomic E-state index is 0.180. The summed E-state index contributed by atoms with van der Waals surface area (Å²) in [5.41, 5.74) is 5.27. The van der Waals surface area contributed by atoms with Crippen LogP contribution in [-0.2, 0) is 0 Å². The SMILES string of the molecule is CCCCC(C)C(NN)c1cccc2ncccc12. The first-order valence-corrected chi connectivity index (χ1v) is 7.07. The van der Waals surface area contributed by atoms with E-state index < -0.39 is 0 Å². The van der Waals surface area contributed by atoms with Gasteiger partial charge in [-0.2, -0.15) is 0 Å². The molecule has 3 heteroatoms. The fourth-order valence-corrected chi connectivity index (χ4v) is 2.65. The van der Waals surface area contributed by atoms with Crippen molar-refractivity contribution in [2.75, 3.05) is 0 Å². The molecule has 3 N–H and O–H groups in total. The van der Waals surface area contributed by atoms with E-state index in [2.05, 4.69) is 42.5 Å². The monoisotopic (exact) mass is 257 g/mol. The minimum Gasteiger partial charge on any atom is -0.271 e. The van der Waals surface area contributed by atoms with E-state index in [1.54, 1.807) is 0 Å². The van der Waals surface area contributed by atoms with Crippen molar-refractivity contribution in [3.05, 3.63) is 42.1 Å². The summed E-state index contributed by atoms with van der Waals surface area (Å²) in [6.45, 7) is 4.48. The molecule has 2 atom stereocenters. The van der Waals surface area contributed by atoms with Gasteiger partial charge in [-0.25, -0.2) is 0 Å². The molecule has 2 rings (SSSR count). The zero-order valence-corrected chi connectivity index (χ0v) is 11.8. The van der Waals surface area contributed by atoms with Crippen LogP contribution in [0, 0.1) is 5.92 Å². The zero-order valence-electron chi connectivity index (χ0n) is 11.8. The van der Waals surface area contributed by atoms with Gasteiger partial charge in [0.15, 0.2) is 0 Å². The van der Waals surface area contributed by atoms with Gasteiger partial charge in [-0.1, -0.05) is 44.9 Å². The van der Waals surface area contributed by atoms with Crippen LogP contribution in [0.3, 0.4) is 0 Å². The molecule has 19 heavy (non-hydrogen) atoms. The first-order valence-electron chi connectivity index (χ1n) is 7.07. The van der Waals surface area contributed by atoms with Crippen molar-refractivity contribution in [2.24, 2.45) is 11.8 Å². The van der Waals surface area contributed by atoms with Gasteiger partial charge in [0.2, 0.25) is 0 Å². The van der Waals surface area contributed by atoms with Gasteiger partial charge in [0.1, 0.15) is 0 Å². The molecule has 3 nitrogen and oxygen atoms in total. The molecule has 0 saturated carbocycles. The van der Waals surface area contributed by atoms with Crippen molar-refractivity contribution >= 4 is 10.9 Å². The molecule has 0 fully saturated rings. The minimum atomic E-state index is 0.180. The fourth-order valence-electron chi connectivity index (χ4n) is 2.65. The predicted octanol–water partition coefficient (Wildman–Crippen LogP) is 3.57. The summed E-state index contributed by atoms with van der Waals surface area (Å²) < 4.78 is 0. The first-order chi connectivity index (χ1) is 9.27. The van der Waals surface area contributed by atoms with E-state index in [0.29, 0.717) is 5.92 Å². The Hall–Kier alpha value is -1.45. The third-order valence-corrected chi connectivity index (χ3v) is 3.78. The topological polar surface area (TPSA) is 50.9 Å². The number of nitrogens with one attached hydrogen (secondary N) is 1. The molecule has 2 unspecified atom stereocenters. The van der Waals surface area contributed by atoms with Crippen molar-refractivity contribution in [1.82, 2.24) is 10.4 Å². The second-order valence-electron chi connectivity index (χ2n) is 5.18. The molecule has 0 aliphatic carbocycles. The largest absolute Gasteiger partial charge is 0.271 e. The van der Waals surface area contributed by atoms with Crippen LogP contribution in [0.1, 0.15) is 44.7 Å². The van der Waals surface area contributed by atoms with Crippen molar-refractivity contribution in [2.45, 2.75) is 39.2 Å². The van der Waals surface area contributed by atoms with Gasteiger partial charge in [-0.3, -0.25) is 16.3 Å². The fraction of sp³-hybridized carbons (Fsp3) is 0.438. The van der Waals surface area contributed by atoms with Gasteiger partial charge in [0, 0.05) is 17.6 Å². The van der Waals surface area contributed by atoms with Gasteiger partial charge in [-0.05, 0) is 30.0 Å². The van der Waals surface area contributed by atoms with Crippen LogP contribution in [0.25, 0.3) is 10.9 Å². The average molecular weight is 257 g/mol. The number of aromatic nitrogens is 1. The van der Waals surface area contributed by atoms with Crippen molar-refractivity contribution in [3.8, 4) is 0 Å². The number of hydrogen-bond acceptors (Lipinski definition) is 3. The lowest BCUT2D eigenvalue weighted by atomic mass is 9.89. The molecule has 1 aromatic heterocycles. The lowest BCUT2D eigenvalue weighted by molar-refractivity contribution is 0.364. The third kappa shape index (κ3) is 3.11. The molecule has 1 aromatic carbocycles. The first kappa shape index (κ1) is 14.0. The van der Waals surface area contributed by atoms with E-state index in [0.717, 1.165) is 5.52 Å². The quantitative estimate of drug-likeness (QED) is 0.614. The number of unbranched alkanes of at least 4 members (excludes halogenated alkanes) is 1. The number of hydrazine groups is 1. The van der Waals surface area contributed by atoms with Crippen LogP contribution in [-0.4, -0.2) is 4.98 Å². The standard InChI is InChI=1S/C16H23N3/c1-3-4-7-12(2)16(19-17)14-8-5-10-15-13(14)9-6-11-18-15/h5-6,8-12,16,19H,3-4,7,17H2,1-2H3. The number of nitrogens with two attached hydrogens (primary N) is 1. The summed E-state index contributed by atoms with van der Waals surface area (Å²) in [5.74, 6) is 6.31. The number of fused-ring (bicyclic) bond motifs is 1. The molecule has 0 saturated heterocycles. The Bertz CT molecular complexity index is 519. The summed E-state index contributed by atoms with van der Waals surface area (Å²) >= 11 is 0. The molecular weight excluding hydrogens is 234 g/mol. The summed E-state index contributed by atoms with van der Waals surface area (Å²) in [4.78, 5) is 4.41. The molecule has 1 heterocycles. The normalized spacial score (nSPS) is 14.5. The molecule has 0 amide bonds. The number of pyridine rings is 1. The van der Waals surface area contributed by atoms with Gasteiger partial charge in [0.05, 0.1) is 5.52 Å². The Kier molecular flexibility index (Phi) is 4.88. The van der Waals surface area contributed by atoms with E-state index >= 15 is 0 Å². The Balaban J connectivity index is 2.35. The highest BCUT2D eigenvalue weighted by Gasteiger charge is 2.19. The third-order valence-electron chi connectivity index (χ3n) is 3.78. The lowest BCUT2D eigenvalue weighted by Gasteiger charge is -2.24. The van der Waals surface area contributed by atoms with Gasteiger partial charge < -0.3 is 0 Å². The van der Waals surface area contributed by atoms with E-state index in [1.165, 1.54) is 30.2 Å². The van der Waals surface area contributed by atoms with Crippen LogP contribution in [0.4, 0.5) is 0 Å².